The summed E-state index contributed by atoms with van der Waals surface area (Å²) in [5, 5.41) is 11.9. The second-order valence-electron chi connectivity index (χ2n) is 4.69. The third kappa shape index (κ3) is 3.43. The highest BCUT2D eigenvalue weighted by Gasteiger charge is 2.37. The van der Waals surface area contributed by atoms with E-state index in [1.54, 1.807) is 13.8 Å². The summed E-state index contributed by atoms with van der Waals surface area (Å²) < 4.78 is 38.5. The Kier molecular flexibility index (Phi) is 5.03. The fourth-order valence-electron chi connectivity index (χ4n) is 2.03. The molecule has 0 aliphatic rings. The molecular weight excluding hydrogens is 271 g/mol. The van der Waals surface area contributed by atoms with Crippen molar-refractivity contribution in [1.82, 2.24) is 0 Å². The van der Waals surface area contributed by atoms with Gasteiger partial charge in [0.25, 0.3) is 0 Å². The summed E-state index contributed by atoms with van der Waals surface area (Å²) in [5.41, 5.74) is -1.93. The minimum atomic E-state index is -4.46. The van der Waals surface area contributed by atoms with E-state index in [1.807, 2.05) is 0 Å². The Morgan fingerprint density at radius 2 is 1.75 bits per heavy atom. The molecule has 0 aromatic heterocycles. The van der Waals surface area contributed by atoms with Crippen molar-refractivity contribution in [2.24, 2.45) is 5.41 Å². The van der Waals surface area contributed by atoms with Gasteiger partial charge in [0, 0.05) is 12.2 Å². The monoisotopic (exact) mass is 289 g/mol. The highest BCUT2D eigenvalue weighted by molar-refractivity contribution is 5.75. The molecule has 112 valence electrons. The number of nitrogens with one attached hydrogen (secondary N) is 1. The molecule has 0 spiro atoms. The van der Waals surface area contributed by atoms with Gasteiger partial charge < -0.3 is 10.4 Å². The van der Waals surface area contributed by atoms with Crippen LogP contribution in [0.1, 0.15) is 32.3 Å². The lowest BCUT2D eigenvalue weighted by Gasteiger charge is -2.28. The van der Waals surface area contributed by atoms with Gasteiger partial charge in [-0.05, 0) is 25.0 Å². The van der Waals surface area contributed by atoms with Crippen LogP contribution in [0, 0.1) is 5.41 Å². The summed E-state index contributed by atoms with van der Waals surface area (Å²) in [4.78, 5) is 11.3. The van der Waals surface area contributed by atoms with Gasteiger partial charge in [-0.3, -0.25) is 4.79 Å². The first-order valence-corrected chi connectivity index (χ1v) is 6.40. The lowest BCUT2D eigenvalue weighted by atomic mass is 9.82. The quantitative estimate of drug-likeness (QED) is 0.832. The Morgan fingerprint density at radius 3 is 2.20 bits per heavy atom. The van der Waals surface area contributed by atoms with Gasteiger partial charge in [-0.1, -0.05) is 26.0 Å². The van der Waals surface area contributed by atoms with Crippen molar-refractivity contribution in [2.75, 3.05) is 11.9 Å². The summed E-state index contributed by atoms with van der Waals surface area (Å²) in [6.07, 6.45) is -3.77. The Labute approximate surface area is 115 Å². The van der Waals surface area contributed by atoms with Crippen molar-refractivity contribution in [2.45, 2.75) is 32.9 Å². The van der Waals surface area contributed by atoms with Crippen LogP contribution in [0.15, 0.2) is 24.3 Å². The van der Waals surface area contributed by atoms with Gasteiger partial charge in [-0.2, -0.15) is 13.2 Å². The van der Waals surface area contributed by atoms with E-state index in [4.69, 9.17) is 0 Å². The van der Waals surface area contributed by atoms with Gasteiger partial charge in [0.15, 0.2) is 0 Å². The number of hydrogen-bond donors (Lipinski definition) is 2. The molecule has 0 unspecified atom stereocenters. The number of carboxylic acids is 1. The molecule has 0 fully saturated rings. The molecule has 0 amide bonds. The molecule has 0 saturated heterocycles. The third-order valence-corrected chi connectivity index (χ3v) is 3.66. The van der Waals surface area contributed by atoms with Crippen molar-refractivity contribution in [3.63, 3.8) is 0 Å². The molecule has 1 aromatic carbocycles. The van der Waals surface area contributed by atoms with Crippen LogP contribution in [0.2, 0.25) is 0 Å². The number of anilines is 1. The molecule has 0 bridgehead atoms. The second-order valence-corrected chi connectivity index (χ2v) is 4.69. The number of aliphatic carboxylic acids is 1. The van der Waals surface area contributed by atoms with Crippen molar-refractivity contribution in [1.29, 1.82) is 0 Å². The van der Waals surface area contributed by atoms with Crippen molar-refractivity contribution >= 4 is 11.7 Å². The molecule has 2 N–H and O–H groups in total. The molecule has 0 heterocycles. The normalized spacial score (nSPS) is 12.2. The number of para-hydroxylation sites is 1. The molecule has 0 atom stereocenters. The minimum Gasteiger partial charge on any atom is -0.481 e. The number of rotatable bonds is 6. The number of carboxylic acid groups (broad SMARTS) is 1. The van der Waals surface area contributed by atoms with Crippen LogP contribution >= 0.6 is 0 Å². The molecule has 20 heavy (non-hydrogen) atoms. The summed E-state index contributed by atoms with van der Waals surface area (Å²) in [6.45, 7) is 3.40. The van der Waals surface area contributed by atoms with Gasteiger partial charge in [0.1, 0.15) is 0 Å². The fraction of sp³-hybridized carbons (Fsp3) is 0.500. The molecule has 0 aliphatic heterocycles. The van der Waals surface area contributed by atoms with Crippen LogP contribution < -0.4 is 5.32 Å². The number of halogens is 3. The Morgan fingerprint density at radius 1 is 1.20 bits per heavy atom. The van der Waals surface area contributed by atoms with E-state index in [2.05, 4.69) is 5.32 Å². The maximum atomic E-state index is 12.8. The minimum absolute atomic E-state index is 0.0393. The molecule has 1 aromatic rings. The molecule has 1 rings (SSSR count). The van der Waals surface area contributed by atoms with Crippen LogP contribution in [-0.4, -0.2) is 17.6 Å². The Bertz CT molecular complexity index is 468. The summed E-state index contributed by atoms with van der Waals surface area (Å²) in [7, 11) is 0. The average molecular weight is 289 g/mol. The standard InChI is InChI=1S/C14H18F3NO2/c1-3-13(4-2,12(19)20)9-18-11-8-6-5-7-10(11)14(15,16)17/h5-8,18H,3-4,9H2,1-2H3,(H,19,20). The van der Waals surface area contributed by atoms with Crippen molar-refractivity contribution in [3.8, 4) is 0 Å². The Hall–Kier alpha value is -1.72. The van der Waals surface area contributed by atoms with Crippen LogP contribution in [0.4, 0.5) is 18.9 Å². The SMILES string of the molecule is CCC(CC)(CNc1ccccc1C(F)(F)F)C(=O)O. The molecular formula is C14H18F3NO2. The van der Waals surface area contributed by atoms with Crippen LogP contribution in [0.25, 0.3) is 0 Å². The van der Waals surface area contributed by atoms with Crippen molar-refractivity contribution < 1.29 is 23.1 Å². The topological polar surface area (TPSA) is 49.3 Å². The van der Waals surface area contributed by atoms with Gasteiger partial charge >= 0.3 is 12.1 Å². The van der Waals surface area contributed by atoms with Crippen molar-refractivity contribution in [3.05, 3.63) is 29.8 Å². The Balaban J connectivity index is 2.98. The van der Waals surface area contributed by atoms with E-state index in [1.165, 1.54) is 18.2 Å². The van der Waals surface area contributed by atoms with E-state index in [0.29, 0.717) is 12.8 Å². The van der Waals surface area contributed by atoms with E-state index >= 15 is 0 Å². The first-order chi connectivity index (χ1) is 9.27. The first kappa shape index (κ1) is 16.3. The zero-order chi connectivity index (χ0) is 15.4. The summed E-state index contributed by atoms with van der Waals surface area (Å²) in [5.74, 6) is -1.00. The fourth-order valence-corrected chi connectivity index (χ4v) is 2.03. The zero-order valence-corrected chi connectivity index (χ0v) is 11.4. The number of benzene rings is 1. The van der Waals surface area contributed by atoms with Gasteiger partial charge in [0.2, 0.25) is 0 Å². The van der Waals surface area contributed by atoms with Crippen LogP contribution in [0.5, 0.6) is 0 Å². The second kappa shape index (κ2) is 6.15. The summed E-state index contributed by atoms with van der Waals surface area (Å²) in [6, 6.07) is 5.07. The molecule has 6 heteroatoms. The molecule has 0 radical (unpaired) electrons. The van der Waals surface area contributed by atoms with E-state index in [9.17, 15) is 23.1 Å². The average Bonchev–Trinajstić information content (AvgIpc) is 2.39. The lowest BCUT2D eigenvalue weighted by molar-refractivity contribution is -0.148. The maximum Gasteiger partial charge on any atom is 0.418 e. The van der Waals surface area contributed by atoms with E-state index < -0.39 is 23.1 Å². The van der Waals surface area contributed by atoms with E-state index in [-0.39, 0.29) is 12.2 Å². The first-order valence-electron chi connectivity index (χ1n) is 6.40. The molecule has 3 nitrogen and oxygen atoms in total. The molecule has 0 saturated carbocycles. The number of hydrogen-bond acceptors (Lipinski definition) is 2. The van der Waals surface area contributed by atoms with Gasteiger partial charge in [-0.15, -0.1) is 0 Å². The highest BCUT2D eigenvalue weighted by Crippen LogP contribution is 2.35. The highest BCUT2D eigenvalue weighted by atomic mass is 19.4. The number of alkyl halides is 3. The maximum absolute atomic E-state index is 12.8. The van der Waals surface area contributed by atoms with Crippen LogP contribution in [-0.2, 0) is 11.0 Å². The predicted octanol–water partition coefficient (Wildman–Crippen LogP) is 4.01. The lowest BCUT2D eigenvalue weighted by Crippen LogP contribution is -2.37. The predicted molar refractivity (Wildman–Crippen MR) is 70.6 cm³/mol. The van der Waals surface area contributed by atoms with Crippen LogP contribution in [0.3, 0.4) is 0 Å². The van der Waals surface area contributed by atoms with E-state index in [0.717, 1.165) is 6.07 Å². The smallest absolute Gasteiger partial charge is 0.418 e. The third-order valence-electron chi connectivity index (χ3n) is 3.66. The number of carbonyl (C=O) groups is 1. The van der Waals surface area contributed by atoms with Gasteiger partial charge in [0.05, 0.1) is 11.0 Å². The largest absolute Gasteiger partial charge is 0.481 e. The molecule has 0 aliphatic carbocycles. The summed E-state index contributed by atoms with van der Waals surface area (Å²) >= 11 is 0. The zero-order valence-electron chi connectivity index (χ0n) is 11.4. The van der Waals surface area contributed by atoms with Gasteiger partial charge in [-0.25, -0.2) is 0 Å².